The molecule has 1 N–H and O–H groups in total. The van der Waals surface area contributed by atoms with Crippen molar-refractivity contribution in [2.75, 3.05) is 17.8 Å². The van der Waals surface area contributed by atoms with Crippen molar-refractivity contribution in [3.8, 4) is 0 Å². The van der Waals surface area contributed by atoms with E-state index in [-0.39, 0.29) is 0 Å². The van der Waals surface area contributed by atoms with Crippen molar-refractivity contribution >= 4 is 42.6 Å². The van der Waals surface area contributed by atoms with E-state index in [1.165, 1.54) is 15.6 Å². The Labute approximate surface area is 114 Å². The summed E-state index contributed by atoms with van der Waals surface area (Å²) in [5.41, 5.74) is 0. The van der Waals surface area contributed by atoms with Gasteiger partial charge in [-0.05, 0) is 28.8 Å². The maximum Gasteiger partial charge on any atom is 0.303 e. The molecule has 1 aliphatic heterocycles. The maximum atomic E-state index is 12.1. The molecule has 1 fully saturated rings. The molecule has 0 spiro atoms. The Balaban J connectivity index is 2.07. The summed E-state index contributed by atoms with van der Waals surface area (Å²) in [6, 6.07) is 0. The second-order valence-corrected chi connectivity index (χ2v) is 7.97. The van der Waals surface area contributed by atoms with Gasteiger partial charge in [0.25, 0.3) is 0 Å². The van der Waals surface area contributed by atoms with Crippen molar-refractivity contribution < 1.29 is 8.42 Å². The number of hydrogen-bond donors (Lipinski definition) is 1. The fourth-order valence-corrected chi connectivity index (χ4v) is 4.34. The Morgan fingerprint density at radius 2 is 1.94 bits per heavy atom. The molecule has 5 nitrogen and oxygen atoms in total. The molecule has 8 heteroatoms. The fourth-order valence-electron chi connectivity index (χ4n) is 1.76. The topological polar surface area (TPSA) is 62.3 Å². The van der Waals surface area contributed by atoms with Crippen LogP contribution in [0.1, 0.15) is 25.7 Å². The van der Waals surface area contributed by atoms with Gasteiger partial charge in [-0.1, -0.05) is 24.2 Å². The molecule has 0 aliphatic carbocycles. The maximum absolute atomic E-state index is 12.1. The molecule has 1 aliphatic rings. The number of rotatable bonds is 3. The summed E-state index contributed by atoms with van der Waals surface area (Å²) in [6.45, 7) is 1.20. The SMILES string of the molecule is O=S(=O)(Nc1ncc(Br)s1)N1CCCCCC1. The van der Waals surface area contributed by atoms with E-state index in [9.17, 15) is 8.42 Å². The summed E-state index contributed by atoms with van der Waals surface area (Å²) in [7, 11) is -3.44. The third-order valence-electron chi connectivity index (χ3n) is 2.60. The van der Waals surface area contributed by atoms with Crippen LogP contribution in [0.4, 0.5) is 5.13 Å². The van der Waals surface area contributed by atoms with E-state index in [0.29, 0.717) is 18.2 Å². The second-order valence-electron chi connectivity index (χ2n) is 3.89. The van der Waals surface area contributed by atoms with Gasteiger partial charge in [-0.3, -0.25) is 0 Å². The van der Waals surface area contributed by atoms with Gasteiger partial charge in [-0.2, -0.15) is 12.7 Å². The molecule has 0 atom stereocenters. The zero-order valence-corrected chi connectivity index (χ0v) is 12.4. The fraction of sp³-hybridized carbons (Fsp3) is 0.667. The minimum absolute atomic E-state index is 0.404. The Kier molecular flexibility index (Phi) is 4.40. The Morgan fingerprint density at radius 3 is 2.47 bits per heavy atom. The average Bonchev–Trinajstić information content (AvgIpc) is 2.56. The van der Waals surface area contributed by atoms with E-state index in [4.69, 9.17) is 0 Å². The second kappa shape index (κ2) is 5.64. The van der Waals surface area contributed by atoms with Crippen molar-refractivity contribution in [1.82, 2.24) is 9.29 Å². The lowest BCUT2D eigenvalue weighted by molar-refractivity contribution is 0.427. The molecule has 0 aromatic carbocycles. The number of aromatic nitrogens is 1. The van der Waals surface area contributed by atoms with Crippen LogP contribution in [0.3, 0.4) is 0 Å². The normalized spacial score (nSPS) is 18.9. The summed E-state index contributed by atoms with van der Waals surface area (Å²) in [5.74, 6) is 0. The summed E-state index contributed by atoms with van der Waals surface area (Å²) in [4.78, 5) is 3.97. The van der Waals surface area contributed by atoms with Crippen LogP contribution in [0.2, 0.25) is 0 Å². The molecular weight excluding hydrogens is 326 g/mol. The Hall–Kier alpha value is -0.180. The third-order valence-corrected chi connectivity index (χ3v) is 5.62. The third kappa shape index (κ3) is 3.64. The lowest BCUT2D eigenvalue weighted by Gasteiger charge is -2.19. The monoisotopic (exact) mass is 339 g/mol. The highest BCUT2D eigenvalue weighted by Gasteiger charge is 2.23. The van der Waals surface area contributed by atoms with Crippen LogP contribution >= 0.6 is 27.3 Å². The predicted octanol–water partition coefficient (Wildman–Crippen LogP) is 2.44. The van der Waals surface area contributed by atoms with Crippen molar-refractivity contribution in [3.63, 3.8) is 0 Å². The summed E-state index contributed by atoms with van der Waals surface area (Å²) in [6.07, 6.45) is 5.67. The molecular formula is C9H14BrN3O2S2. The Bertz CT molecular complexity index is 466. The van der Waals surface area contributed by atoms with Gasteiger partial charge in [0.2, 0.25) is 0 Å². The predicted molar refractivity (Wildman–Crippen MR) is 72.4 cm³/mol. The molecule has 0 unspecified atom stereocenters. The van der Waals surface area contributed by atoms with Crippen molar-refractivity contribution in [3.05, 3.63) is 9.98 Å². The van der Waals surface area contributed by atoms with Gasteiger partial charge >= 0.3 is 10.2 Å². The highest BCUT2D eigenvalue weighted by Crippen LogP contribution is 2.25. The van der Waals surface area contributed by atoms with E-state index in [1.54, 1.807) is 6.20 Å². The van der Waals surface area contributed by atoms with Crippen LogP contribution in [0.15, 0.2) is 9.98 Å². The van der Waals surface area contributed by atoms with Crippen LogP contribution in [0, 0.1) is 0 Å². The van der Waals surface area contributed by atoms with Crippen LogP contribution in [-0.2, 0) is 10.2 Å². The van der Waals surface area contributed by atoms with Crippen LogP contribution < -0.4 is 4.72 Å². The van der Waals surface area contributed by atoms with Gasteiger partial charge in [-0.15, -0.1) is 0 Å². The molecule has 1 aromatic heterocycles. The first-order chi connectivity index (χ1) is 8.08. The Morgan fingerprint density at radius 1 is 1.29 bits per heavy atom. The minimum Gasteiger partial charge on any atom is -0.246 e. The van der Waals surface area contributed by atoms with E-state index in [2.05, 4.69) is 25.6 Å². The smallest absolute Gasteiger partial charge is 0.246 e. The van der Waals surface area contributed by atoms with Crippen molar-refractivity contribution in [2.45, 2.75) is 25.7 Å². The first-order valence-corrected chi connectivity index (χ1v) is 8.52. The summed E-state index contributed by atoms with van der Waals surface area (Å²) < 4.78 is 29.0. The van der Waals surface area contributed by atoms with Gasteiger partial charge in [0, 0.05) is 13.1 Å². The van der Waals surface area contributed by atoms with E-state index < -0.39 is 10.2 Å². The van der Waals surface area contributed by atoms with E-state index >= 15 is 0 Å². The molecule has 1 saturated heterocycles. The molecule has 0 radical (unpaired) electrons. The highest BCUT2D eigenvalue weighted by molar-refractivity contribution is 9.11. The molecule has 0 saturated carbocycles. The quantitative estimate of drug-likeness (QED) is 0.919. The van der Waals surface area contributed by atoms with Gasteiger partial charge in [0.05, 0.1) is 9.98 Å². The molecule has 17 heavy (non-hydrogen) atoms. The average molecular weight is 340 g/mol. The highest BCUT2D eigenvalue weighted by atomic mass is 79.9. The summed E-state index contributed by atoms with van der Waals surface area (Å²) >= 11 is 4.53. The molecule has 0 amide bonds. The van der Waals surface area contributed by atoms with Crippen molar-refractivity contribution in [2.24, 2.45) is 0 Å². The number of nitrogens with one attached hydrogen (secondary N) is 1. The standard InChI is InChI=1S/C9H14BrN3O2S2/c10-8-7-11-9(16-8)12-17(14,15)13-5-3-1-2-4-6-13/h7H,1-6H2,(H,11,12). The van der Waals surface area contributed by atoms with Gasteiger partial charge in [0.1, 0.15) is 0 Å². The molecule has 2 heterocycles. The lowest BCUT2D eigenvalue weighted by atomic mass is 10.2. The molecule has 1 aromatic rings. The zero-order chi connectivity index (χ0) is 12.3. The molecule has 96 valence electrons. The first-order valence-electron chi connectivity index (χ1n) is 5.47. The van der Waals surface area contributed by atoms with Crippen molar-refractivity contribution in [1.29, 1.82) is 0 Å². The first kappa shape index (κ1) is 13.3. The number of nitrogens with zero attached hydrogens (tertiary/aromatic N) is 2. The van der Waals surface area contributed by atoms with E-state index in [0.717, 1.165) is 29.5 Å². The van der Waals surface area contributed by atoms with Gasteiger partial charge < -0.3 is 0 Å². The zero-order valence-electron chi connectivity index (χ0n) is 9.23. The van der Waals surface area contributed by atoms with Crippen LogP contribution in [0.25, 0.3) is 0 Å². The number of hydrogen-bond acceptors (Lipinski definition) is 4. The van der Waals surface area contributed by atoms with E-state index in [1.807, 2.05) is 0 Å². The minimum atomic E-state index is -3.44. The number of halogens is 1. The van der Waals surface area contributed by atoms with Gasteiger partial charge in [0.15, 0.2) is 5.13 Å². The lowest BCUT2D eigenvalue weighted by Crippen LogP contribution is -2.36. The van der Waals surface area contributed by atoms with Crippen LogP contribution in [-0.4, -0.2) is 30.8 Å². The molecule has 2 rings (SSSR count). The summed E-state index contributed by atoms with van der Waals surface area (Å²) in [5, 5.41) is 0.404. The number of thiazole rings is 1. The van der Waals surface area contributed by atoms with Gasteiger partial charge in [-0.25, -0.2) is 9.71 Å². The van der Waals surface area contributed by atoms with Crippen LogP contribution in [0.5, 0.6) is 0 Å². The number of anilines is 1. The largest absolute Gasteiger partial charge is 0.303 e. The molecule has 0 bridgehead atoms.